The second-order valence-electron chi connectivity index (χ2n) is 14.8. The first kappa shape index (κ1) is 29.7. The number of para-hydroxylation sites is 1. The molecule has 1 unspecified atom stereocenters. The Morgan fingerprint density at radius 2 is 1.13 bits per heavy atom. The van der Waals surface area contributed by atoms with Crippen LogP contribution < -0.4 is 15.9 Å². The fourth-order valence-electron chi connectivity index (χ4n) is 9.29. The maximum absolute atomic E-state index is 15.4. The SMILES string of the molecule is CC1(C)c2cc(-c3cccc4ccccc34)ccc2-c2ccc(-n3c4ccccc4c4cc5c(cc43)-c3ccccc3P5(=O)c3ccccc3)cc21. The van der Waals surface area contributed by atoms with E-state index in [1.165, 1.54) is 49.5 Å². The van der Waals surface area contributed by atoms with Gasteiger partial charge in [-0.25, -0.2) is 0 Å². The Balaban J connectivity index is 1.11. The molecular formula is C49H34NOP. The molecule has 8 aromatic carbocycles. The highest BCUT2D eigenvalue weighted by Gasteiger charge is 2.41. The summed E-state index contributed by atoms with van der Waals surface area (Å²) in [6.45, 7) is 4.73. The summed E-state index contributed by atoms with van der Waals surface area (Å²) >= 11 is 0. The number of hydrogen-bond acceptors (Lipinski definition) is 1. The molecule has 9 aromatic rings. The highest BCUT2D eigenvalue weighted by Crippen LogP contribution is 2.54. The van der Waals surface area contributed by atoms with Crippen LogP contribution in [-0.4, -0.2) is 4.57 Å². The molecule has 52 heavy (non-hydrogen) atoms. The Morgan fingerprint density at radius 3 is 2.00 bits per heavy atom. The van der Waals surface area contributed by atoms with E-state index in [9.17, 15) is 0 Å². The van der Waals surface area contributed by atoms with Gasteiger partial charge in [0.25, 0.3) is 0 Å². The first-order valence-corrected chi connectivity index (χ1v) is 19.7. The van der Waals surface area contributed by atoms with Crippen molar-refractivity contribution in [2.45, 2.75) is 19.3 Å². The number of benzene rings is 8. The van der Waals surface area contributed by atoms with Gasteiger partial charge in [-0.1, -0.05) is 147 Å². The van der Waals surface area contributed by atoms with Crippen LogP contribution in [0.25, 0.3) is 71.6 Å². The van der Waals surface area contributed by atoms with Gasteiger partial charge in [-0.15, -0.1) is 0 Å². The minimum Gasteiger partial charge on any atom is -0.309 e. The fraction of sp³-hybridized carbons (Fsp3) is 0.0612. The van der Waals surface area contributed by atoms with E-state index in [2.05, 4.69) is 152 Å². The van der Waals surface area contributed by atoms with Crippen molar-refractivity contribution in [1.82, 2.24) is 4.57 Å². The lowest BCUT2D eigenvalue weighted by Gasteiger charge is -2.23. The highest BCUT2D eigenvalue weighted by atomic mass is 31.2. The molecule has 3 heteroatoms. The molecule has 0 saturated carbocycles. The van der Waals surface area contributed by atoms with Crippen molar-refractivity contribution in [2.75, 3.05) is 0 Å². The van der Waals surface area contributed by atoms with Gasteiger partial charge in [-0.05, 0) is 91.7 Å². The van der Waals surface area contributed by atoms with E-state index in [0.717, 1.165) is 49.1 Å². The van der Waals surface area contributed by atoms with E-state index in [4.69, 9.17) is 0 Å². The lowest BCUT2D eigenvalue weighted by Crippen LogP contribution is -2.20. The van der Waals surface area contributed by atoms with E-state index < -0.39 is 7.14 Å². The van der Waals surface area contributed by atoms with E-state index in [1.807, 2.05) is 36.4 Å². The van der Waals surface area contributed by atoms with Gasteiger partial charge in [-0.3, -0.25) is 0 Å². The molecule has 0 spiro atoms. The van der Waals surface area contributed by atoms with Crippen LogP contribution in [-0.2, 0) is 9.98 Å². The minimum absolute atomic E-state index is 0.192. The fourth-order valence-corrected chi connectivity index (χ4v) is 12.4. The van der Waals surface area contributed by atoms with E-state index in [1.54, 1.807) is 0 Å². The van der Waals surface area contributed by atoms with Crippen LogP contribution in [0.2, 0.25) is 0 Å². The smallest absolute Gasteiger partial charge is 0.172 e. The van der Waals surface area contributed by atoms with Gasteiger partial charge >= 0.3 is 0 Å². The van der Waals surface area contributed by atoms with Crippen molar-refractivity contribution in [2.24, 2.45) is 0 Å². The minimum atomic E-state index is -3.06. The number of fused-ring (bicyclic) bond motifs is 10. The highest BCUT2D eigenvalue weighted by molar-refractivity contribution is 7.86. The van der Waals surface area contributed by atoms with Gasteiger partial charge in [0.15, 0.2) is 7.14 Å². The van der Waals surface area contributed by atoms with Crippen LogP contribution >= 0.6 is 7.14 Å². The number of hydrogen-bond donors (Lipinski definition) is 0. The normalized spacial score (nSPS) is 16.6. The molecule has 1 aromatic heterocycles. The van der Waals surface area contributed by atoms with Gasteiger partial charge in [0.05, 0.1) is 11.0 Å². The summed E-state index contributed by atoms with van der Waals surface area (Å²) in [4.78, 5) is 0. The predicted molar refractivity (Wildman–Crippen MR) is 220 cm³/mol. The van der Waals surface area contributed by atoms with Crippen molar-refractivity contribution >= 4 is 55.6 Å². The summed E-state index contributed by atoms with van der Waals surface area (Å²) in [5, 5.41) is 7.58. The topological polar surface area (TPSA) is 22.0 Å². The lowest BCUT2D eigenvalue weighted by molar-refractivity contribution is 0.593. The van der Waals surface area contributed by atoms with Crippen LogP contribution in [0.4, 0.5) is 0 Å². The molecule has 1 aliphatic heterocycles. The Hall–Kier alpha value is -5.95. The first-order chi connectivity index (χ1) is 25.4. The van der Waals surface area contributed by atoms with Crippen LogP contribution in [0.3, 0.4) is 0 Å². The van der Waals surface area contributed by atoms with Gasteiger partial charge in [-0.2, -0.15) is 0 Å². The largest absolute Gasteiger partial charge is 0.309 e. The summed E-state index contributed by atoms with van der Waals surface area (Å²) in [6, 6.07) is 60.8. The average molecular weight is 684 g/mol. The maximum Gasteiger partial charge on any atom is 0.172 e. The summed E-state index contributed by atoms with van der Waals surface area (Å²) in [6.07, 6.45) is 0. The number of rotatable bonds is 3. The van der Waals surface area contributed by atoms with Crippen molar-refractivity contribution in [3.8, 4) is 39.1 Å². The molecular weight excluding hydrogens is 650 g/mol. The van der Waals surface area contributed by atoms with E-state index in [-0.39, 0.29) is 5.41 Å². The zero-order chi connectivity index (χ0) is 34.8. The second-order valence-corrected chi connectivity index (χ2v) is 17.5. The predicted octanol–water partition coefficient (Wildman–Crippen LogP) is 11.5. The second kappa shape index (κ2) is 10.5. The number of nitrogens with zero attached hydrogens (tertiary/aromatic N) is 1. The molecule has 2 nitrogen and oxygen atoms in total. The third kappa shape index (κ3) is 3.88. The Labute approximate surface area is 303 Å². The zero-order valence-corrected chi connectivity index (χ0v) is 29.9. The van der Waals surface area contributed by atoms with Gasteiger partial charge < -0.3 is 9.13 Å². The molecule has 11 rings (SSSR count). The Morgan fingerprint density at radius 1 is 0.462 bits per heavy atom. The standard InChI is InChI=1S/C49H34NOP/c1-49(2)43-27-32(36-20-12-14-31-13-6-7-17-35(31)36)23-25-37(43)38-26-24-33(28-44(38)49)50-45-21-10-8-18-39(45)41-30-48-42(29-46(41)50)40-19-9-11-22-47(40)52(48,51)34-15-4-3-5-16-34/h3-30H,1-2H3. The quantitative estimate of drug-likeness (QED) is 0.170. The van der Waals surface area contributed by atoms with Crippen LogP contribution in [0.15, 0.2) is 170 Å². The molecule has 1 atom stereocenters. The molecule has 0 bridgehead atoms. The molecule has 2 aliphatic rings. The molecule has 2 heterocycles. The van der Waals surface area contributed by atoms with Crippen LogP contribution in [0.1, 0.15) is 25.0 Å². The maximum atomic E-state index is 15.4. The monoisotopic (exact) mass is 683 g/mol. The molecule has 246 valence electrons. The lowest BCUT2D eigenvalue weighted by atomic mass is 9.81. The van der Waals surface area contributed by atoms with Gasteiger partial charge in [0, 0.05) is 37.8 Å². The molecule has 0 N–H and O–H groups in total. The van der Waals surface area contributed by atoms with Gasteiger partial charge in [0.2, 0.25) is 0 Å². The molecule has 0 saturated heterocycles. The summed E-state index contributed by atoms with van der Waals surface area (Å²) in [5.41, 5.74) is 13.2. The number of aromatic nitrogens is 1. The molecule has 1 aliphatic carbocycles. The van der Waals surface area contributed by atoms with Gasteiger partial charge in [0.1, 0.15) is 0 Å². The van der Waals surface area contributed by atoms with Crippen molar-refractivity contribution in [3.63, 3.8) is 0 Å². The van der Waals surface area contributed by atoms with Crippen molar-refractivity contribution < 1.29 is 4.57 Å². The van der Waals surface area contributed by atoms with E-state index >= 15 is 4.57 Å². The third-order valence-corrected chi connectivity index (χ3v) is 14.9. The molecule has 0 fully saturated rings. The van der Waals surface area contributed by atoms with Crippen molar-refractivity contribution in [1.29, 1.82) is 0 Å². The summed E-state index contributed by atoms with van der Waals surface area (Å²) in [5.74, 6) is 0. The first-order valence-electron chi connectivity index (χ1n) is 18.0. The van der Waals surface area contributed by atoms with E-state index in [0.29, 0.717) is 0 Å². The average Bonchev–Trinajstić information content (AvgIpc) is 3.74. The molecule has 0 radical (unpaired) electrons. The third-order valence-electron chi connectivity index (χ3n) is 11.8. The molecule has 0 amide bonds. The Bertz CT molecular complexity index is 3020. The van der Waals surface area contributed by atoms with Crippen molar-refractivity contribution in [3.05, 3.63) is 181 Å². The van der Waals surface area contributed by atoms with Crippen LogP contribution in [0, 0.1) is 0 Å². The Kier molecular flexibility index (Phi) is 6.03. The zero-order valence-electron chi connectivity index (χ0n) is 29.0. The summed E-state index contributed by atoms with van der Waals surface area (Å²) < 4.78 is 17.8. The van der Waals surface area contributed by atoms with Crippen LogP contribution in [0.5, 0.6) is 0 Å². The summed E-state index contributed by atoms with van der Waals surface area (Å²) in [7, 11) is -3.06.